The van der Waals surface area contributed by atoms with E-state index in [1.54, 1.807) is 6.07 Å². The minimum atomic E-state index is -0.490. The predicted molar refractivity (Wildman–Crippen MR) is 79.2 cm³/mol. The van der Waals surface area contributed by atoms with Crippen LogP contribution in [0.4, 0.5) is 10.6 Å². The number of benzene rings is 1. The highest BCUT2D eigenvalue weighted by Gasteiger charge is 2.22. The van der Waals surface area contributed by atoms with Crippen LogP contribution in [0.25, 0.3) is 10.9 Å². The Kier molecular flexibility index (Phi) is 3.49. The maximum atomic E-state index is 11.7. The number of carbonyl (C=O) groups is 1. The molecule has 0 atom stereocenters. The van der Waals surface area contributed by atoms with Gasteiger partial charge in [-0.3, -0.25) is 5.32 Å². The second-order valence-corrected chi connectivity index (χ2v) is 5.51. The number of aryl methyl sites for hydroxylation is 1. The molecule has 0 saturated heterocycles. The predicted octanol–water partition coefficient (Wildman–Crippen LogP) is 4.30. The lowest BCUT2D eigenvalue weighted by Gasteiger charge is -2.25. The van der Waals surface area contributed by atoms with Crippen molar-refractivity contribution in [1.82, 2.24) is 4.98 Å². The molecule has 3 rings (SSSR count). The fraction of sp³-hybridized carbons (Fsp3) is 0.333. The molecule has 1 saturated carbocycles. The number of amides is 1. The summed E-state index contributed by atoms with van der Waals surface area (Å²) in [6, 6.07) is 7.70. The van der Waals surface area contributed by atoms with E-state index >= 15 is 0 Å². The Labute approximate surface area is 122 Å². The number of nitrogens with zero attached hydrogens (tertiary/aromatic N) is 1. The lowest BCUT2D eigenvalue weighted by molar-refractivity contribution is 0.0623. The third-order valence-corrected chi connectivity index (χ3v) is 3.76. The molecule has 20 heavy (non-hydrogen) atoms. The van der Waals surface area contributed by atoms with Crippen LogP contribution in [0.5, 0.6) is 0 Å². The SMILES string of the molecule is Cc1ccc2cc(Cl)c(NC(=O)OC3CCC3)nc2c1. The second-order valence-electron chi connectivity index (χ2n) is 5.10. The molecule has 1 aliphatic carbocycles. The van der Waals surface area contributed by atoms with Gasteiger partial charge in [-0.2, -0.15) is 0 Å². The normalized spacial score (nSPS) is 14.9. The van der Waals surface area contributed by atoms with Crippen LogP contribution in [0.2, 0.25) is 5.02 Å². The number of aromatic nitrogens is 1. The summed E-state index contributed by atoms with van der Waals surface area (Å²) in [6.45, 7) is 1.99. The zero-order valence-corrected chi connectivity index (χ0v) is 11.9. The van der Waals surface area contributed by atoms with Crippen molar-refractivity contribution in [3.63, 3.8) is 0 Å². The van der Waals surface area contributed by atoms with E-state index in [4.69, 9.17) is 16.3 Å². The highest BCUT2D eigenvalue weighted by Crippen LogP contribution is 2.27. The summed E-state index contributed by atoms with van der Waals surface area (Å²) in [5.74, 6) is 0.342. The molecule has 1 N–H and O–H groups in total. The van der Waals surface area contributed by atoms with Crippen LogP contribution in [-0.4, -0.2) is 17.2 Å². The number of halogens is 1. The van der Waals surface area contributed by atoms with Gasteiger partial charge >= 0.3 is 6.09 Å². The summed E-state index contributed by atoms with van der Waals surface area (Å²) in [4.78, 5) is 16.1. The van der Waals surface area contributed by atoms with E-state index in [9.17, 15) is 4.79 Å². The third-order valence-electron chi connectivity index (χ3n) is 3.47. The van der Waals surface area contributed by atoms with Crippen molar-refractivity contribution in [3.8, 4) is 0 Å². The van der Waals surface area contributed by atoms with Gasteiger partial charge in [-0.15, -0.1) is 0 Å². The van der Waals surface area contributed by atoms with Gasteiger partial charge in [0, 0.05) is 5.39 Å². The first-order valence-electron chi connectivity index (χ1n) is 6.66. The largest absolute Gasteiger partial charge is 0.446 e. The number of carbonyl (C=O) groups excluding carboxylic acids is 1. The summed E-state index contributed by atoms with van der Waals surface area (Å²) in [6.07, 6.45) is 2.54. The molecule has 1 aliphatic rings. The van der Waals surface area contributed by atoms with E-state index in [0.29, 0.717) is 10.8 Å². The minimum absolute atomic E-state index is 0.0384. The number of hydrogen-bond donors (Lipinski definition) is 1. The molecule has 104 valence electrons. The summed E-state index contributed by atoms with van der Waals surface area (Å²) in [5, 5.41) is 3.97. The molecule has 0 unspecified atom stereocenters. The highest BCUT2D eigenvalue weighted by atomic mass is 35.5. The maximum absolute atomic E-state index is 11.7. The fourth-order valence-electron chi connectivity index (χ4n) is 2.11. The number of hydrogen-bond acceptors (Lipinski definition) is 3. The maximum Gasteiger partial charge on any atom is 0.413 e. The molecule has 5 heteroatoms. The number of nitrogens with one attached hydrogen (secondary N) is 1. The standard InChI is InChI=1S/C15H15ClN2O2/c1-9-5-6-10-8-12(16)14(17-13(10)7-9)18-15(19)20-11-3-2-4-11/h5-8,11H,2-4H2,1H3,(H,17,18,19). The average Bonchev–Trinajstić information content (AvgIpc) is 2.35. The molecule has 0 aliphatic heterocycles. The first kappa shape index (κ1) is 13.2. The molecule has 0 radical (unpaired) electrons. The Hall–Kier alpha value is -1.81. The number of rotatable bonds is 2. The van der Waals surface area contributed by atoms with Crippen LogP contribution >= 0.6 is 11.6 Å². The van der Waals surface area contributed by atoms with Gasteiger partial charge in [0.15, 0.2) is 5.82 Å². The van der Waals surface area contributed by atoms with Crippen LogP contribution < -0.4 is 5.32 Å². The summed E-state index contributed by atoms with van der Waals surface area (Å²) in [7, 11) is 0. The Bertz CT molecular complexity index is 668. The lowest BCUT2D eigenvalue weighted by Crippen LogP contribution is -2.28. The zero-order chi connectivity index (χ0) is 14.1. The highest BCUT2D eigenvalue weighted by molar-refractivity contribution is 6.34. The van der Waals surface area contributed by atoms with Crippen molar-refractivity contribution >= 4 is 34.4 Å². The van der Waals surface area contributed by atoms with Crippen molar-refractivity contribution < 1.29 is 9.53 Å². The van der Waals surface area contributed by atoms with Crippen LogP contribution in [0, 0.1) is 6.92 Å². The van der Waals surface area contributed by atoms with Gasteiger partial charge in [-0.25, -0.2) is 9.78 Å². The molecular formula is C15H15ClN2O2. The van der Waals surface area contributed by atoms with Gasteiger partial charge in [0.1, 0.15) is 6.10 Å². The molecule has 1 heterocycles. The lowest BCUT2D eigenvalue weighted by atomic mass is 9.96. The van der Waals surface area contributed by atoms with Gasteiger partial charge < -0.3 is 4.74 Å². The summed E-state index contributed by atoms with van der Waals surface area (Å²) < 4.78 is 5.23. The first-order valence-corrected chi connectivity index (χ1v) is 7.04. The molecule has 0 bridgehead atoms. The minimum Gasteiger partial charge on any atom is -0.446 e. The van der Waals surface area contributed by atoms with Crippen molar-refractivity contribution in [1.29, 1.82) is 0 Å². The number of fused-ring (bicyclic) bond motifs is 1. The van der Waals surface area contributed by atoms with E-state index in [1.807, 2.05) is 25.1 Å². The van der Waals surface area contributed by atoms with Gasteiger partial charge in [-0.05, 0) is 43.9 Å². The number of pyridine rings is 1. The van der Waals surface area contributed by atoms with Crippen LogP contribution in [0.3, 0.4) is 0 Å². The van der Waals surface area contributed by atoms with E-state index in [1.165, 1.54) is 0 Å². The Morgan fingerprint density at radius 3 is 2.90 bits per heavy atom. The van der Waals surface area contributed by atoms with Gasteiger partial charge in [0.2, 0.25) is 0 Å². The Morgan fingerprint density at radius 1 is 1.40 bits per heavy atom. The molecule has 1 fully saturated rings. The van der Waals surface area contributed by atoms with Crippen LogP contribution in [-0.2, 0) is 4.74 Å². The van der Waals surface area contributed by atoms with E-state index < -0.39 is 6.09 Å². The smallest absolute Gasteiger partial charge is 0.413 e. The van der Waals surface area contributed by atoms with Crippen molar-refractivity contribution in [2.45, 2.75) is 32.3 Å². The van der Waals surface area contributed by atoms with Gasteiger partial charge in [-0.1, -0.05) is 23.7 Å². The molecule has 1 amide bonds. The summed E-state index contributed by atoms with van der Waals surface area (Å²) in [5.41, 5.74) is 1.91. The Balaban J connectivity index is 1.82. The average molecular weight is 291 g/mol. The van der Waals surface area contributed by atoms with Crippen LogP contribution in [0.1, 0.15) is 24.8 Å². The van der Waals surface area contributed by atoms with E-state index in [2.05, 4.69) is 10.3 Å². The van der Waals surface area contributed by atoms with E-state index in [0.717, 1.165) is 35.7 Å². The molecule has 0 spiro atoms. The Morgan fingerprint density at radius 2 is 2.20 bits per heavy atom. The van der Waals surface area contributed by atoms with Crippen molar-refractivity contribution in [2.75, 3.05) is 5.32 Å². The van der Waals surface area contributed by atoms with Crippen molar-refractivity contribution in [3.05, 3.63) is 34.9 Å². The monoisotopic (exact) mass is 290 g/mol. The number of anilines is 1. The molecular weight excluding hydrogens is 276 g/mol. The number of ether oxygens (including phenoxy) is 1. The molecule has 1 aromatic heterocycles. The van der Waals surface area contributed by atoms with E-state index in [-0.39, 0.29) is 6.10 Å². The zero-order valence-electron chi connectivity index (χ0n) is 11.1. The van der Waals surface area contributed by atoms with Crippen LogP contribution in [0.15, 0.2) is 24.3 Å². The molecule has 4 nitrogen and oxygen atoms in total. The first-order chi connectivity index (χ1) is 9.61. The second kappa shape index (κ2) is 5.29. The topological polar surface area (TPSA) is 51.2 Å². The van der Waals surface area contributed by atoms with Crippen molar-refractivity contribution in [2.24, 2.45) is 0 Å². The summed E-state index contributed by atoms with van der Waals surface area (Å²) >= 11 is 6.14. The van der Waals surface area contributed by atoms with Gasteiger partial charge in [0.25, 0.3) is 0 Å². The van der Waals surface area contributed by atoms with Gasteiger partial charge in [0.05, 0.1) is 10.5 Å². The molecule has 1 aromatic carbocycles. The molecule has 2 aromatic rings. The third kappa shape index (κ3) is 2.70. The quantitative estimate of drug-likeness (QED) is 0.897. The fourth-order valence-corrected chi connectivity index (χ4v) is 2.31.